The SMILES string of the molecule is CCNC(=O)[C@@H](C)N(C)CC(=O)Nc1cc(Cl)ccc1OC. The molecule has 2 amide bonds. The van der Waals surface area contributed by atoms with Crippen molar-refractivity contribution in [3.63, 3.8) is 0 Å². The highest BCUT2D eigenvalue weighted by Crippen LogP contribution is 2.27. The summed E-state index contributed by atoms with van der Waals surface area (Å²) in [4.78, 5) is 25.5. The maximum Gasteiger partial charge on any atom is 0.238 e. The highest BCUT2D eigenvalue weighted by Gasteiger charge is 2.20. The van der Waals surface area contributed by atoms with Crippen molar-refractivity contribution >= 4 is 29.1 Å². The van der Waals surface area contributed by atoms with E-state index in [1.54, 1.807) is 37.1 Å². The van der Waals surface area contributed by atoms with E-state index in [-0.39, 0.29) is 18.4 Å². The third-order valence-electron chi connectivity index (χ3n) is 3.22. The molecular weight excluding hydrogens is 306 g/mol. The molecule has 1 aromatic rings. The fraction of sp³-hybridized carbons (Fsp3) is 0.467. The van der Waals surface area contributed by atoms with Crippen LogP contribution in [0.25, 0.3) is 0 Å². The number of halogens is 1. The first kappa shape index (κ1) is 18.3. The molecule has 1 atom stereocenters. The second-order valence-corrected chi connectivity index (χ2v) is 5.31. The molecule has 0 aliphatic heterocycles. The summed E-state index contributed by atoms with van der Waals surface area (Å²) in [5.41, 5.74) is 0.499. The van der Waals surface area contributed by atoms with Crippen molar-refractivity contribution in [2.75, 3.05) is 32.6 Å². The first-order valence-corrected chi connectivity index (χ1v) is 7.38. The van der Waals surface area contributed by atoms with Crippen LogP contribution in [0.2, 0.25) is 5.02 Å². The number of carbonyl (C=O) groups excluding carboxylic acids is 2. The Balaban J connectivity index is 2.66. The quantitative estimate of drug-likeness (QED) is 0.800. The summed E-state index contributed by atoms with van der Waals surface area (Å²) in [6.45, 7) is 4.23. The van der Waals surface area contributed by atoms with E-state index in [1.807, 2.05) is 6.92 Å². The molecule has 1 rings (SSSR count). The fourth-order valence-corrected chi connectivity index (χ4v) is 2.03. The van der Waals surface area contributed by atoms with Crippen molar-refractivity contribution in [2.45, 2.75) is 19.9 Å². The molecule has 7 heteroatoms. The van der Waals surface area contributed by atoms with Gasteiger partial charge in [-0.3, -0.25) is 14.5 Å². The van der Waals surface area contributed by atoms with Crippen molar-refractivity contribution < 1.29 is 14.3 Å². The summed E-state index contributed by atoms with van der Waals surface area (Å²) >= 11 is 5.92. The predicted molar refractivity (Wildman–Crippen MR) is 87.4 cm³/mol. The summed E-state index contributed by atoms with van der Waals surface area (Å²) in [5.74, 6) is 0.162. The largest absolute Gasteiger partial charge is 0.495 e. The second kappa shape index (κ2) is 8.60. The maximum absolute atomic E-state index is 12.1. The van der Waals surface area contributed by atoms with Gasteiger partial charge in [-0.2, -0.15) is 0 Å². The highest BCUT2D eigenvalue weighted by molar-refractivity contribution is 6.31. The average Bonchev–Trinajstić information content (AvgIpc) is 2.46. The van der Waals surface area contributed by atoms with Crippen LogP contribution in [-0.2, 0) is 9.59 Å². The lowest BCUT2D eigenvalue weighted by atomic mass is 10.2. The topological polar surface area (TPSA) is 70.7 Å². The Morgan fingerprint density at radius 2 is 2.09 bits per heavy atom. The molecule has 0 bridgehead atoms. The Morgan fingerprint density at radius 1 is 1.41 bits per heavy atom. The molecule has 0 heterocycles. The van der Waals surface area contributed by atoms with Crippen LogP contribution in [0, 0.1) is 0 Å². The lowest BCUT2D eigenvalue weighted by Gasteiger charge is -2.23. The number of hydrogen-bond acceptors (Lipinski definition) is 4. The molecule has 0 radical (unpaired) electrons. The monoisotopic (exact) mass is 327 g/mol. The smallest absolute Gasteiger partial charge is 0.238 e. The van der Waals surface area contributed by atoms with Crippen LogP contribution in [0.1, 0.15) is 13.8 Å². The van der Waals surface area contributed by atoms with Gasteiger partial charge in [0.1, 0.15) is 5.75 Å². The average molecular weight is 328 g/mol. The van der Waals surface area contributed by atoms with Gasteiger partial charge >= 0.3 is 0 Å². The van der Waals surface area contributed by atoms with Crippen molar-refractivity contribution in [3.05, 3.63) is 23.2 Å². The minimum atomic E-state index is -0.396. The second-order valence-electron chi connectivity index (χ2n) is 4.88. The van der Waals surface area contributed by atoms with Crippen molar-refractivity contribution in [2.24, 2.45) is 0 Å². The Morgan fingerprint density at radius 3 is 2.68 bits per heavy atom. The summed E-state index contributed by atoms with van der Waals surface area (Å²) in [6.07, 6.45) is 0. The van der Waals surface area contributed by atoms with Crippen LogP contribution in [0.15, 0.2) is 18.2 Å². The number of nitrogens with one attached hydrogen (secondary N) is 2. The van der Waals surface area contributed by atoms with Gasteiger partial charge in [-0.25, -0.2) is 0 Å². The maximum atomic E-state index is 12.1. The molecule has 0 saturated heterocycles. The van der Waals surface area contributed by atoms with E-state index in [1.165, 1.54) is 7.11 Å². The molecule has 0 aliphatic carbocycles. The number of amides is 2. The first-order valence-electron chi connectivity index (χ1n) is 7.00. The Kier molecular flexibility index (Phi) is 7.14. The molecule has 122 valence electrons. The van der Waals surface area contributed by atoms with E-state index < -0.39 is 6.04 Å². The number of hydrogen-bond donors (Lipinski definition) is 2. The molecule has 0 unspecified atom stereocenters. The molecule has 22 heavy (non-hydrogen) atoms. The van der Waals surface area contributed by atoms with E-state index in [2.05, 4.69) is 10.6 Å². The standard InChI is InChI=1S/C15H22ClN3O3/c1-5-17-15(21)10(2)19(3)9-14(20)18-12-8-11(16)6-7-13(12)22-4/h6-8,10H,5,9H2,1-4H3,(H,17,21)(H,18,20)/t10-/m1/s1. The van der Waals surface area contributed by atoms with Gasteiger partial charge < -0.3 is 15.4 Å². The number of rotatable bonds is 7. The summed E-state index contributed by atoms with van der Waals surface area (Å²) in [6, 6.07) is 4.58. The van der Waals surface area contributed by atoms with Crippen molar-refractivity contribution in [1.29, 1.82) is 0 Å². The third-order valence-corrected chi connectivity index (χ3v) is 3.46. The van der Waals surface area contributed by atoms with Gasteiger partial charge in [0.15, 0.2) is 0 Å². The number of carbonyl (C=O) groups is 2. The summed E-state index contributed by atoms with van der Waals surface area (Å²) in [7, 11) is 3.23. The van der Waals surface area contributed by atoms with Crippen LogP contribution in [0.4, 0.5) is 5.69 Å². The van der Waals surface area contributed by atoms with Crippen LogP contribution >= 0.6 is 11.6 Å². The third kappa shape index (κ3) is 5.20. The van der Waals surface area contributed by atoms with Crippen LogP contribution in [-0.4, -0.2) is 50.0 Å². The van der Waals surface area contributed by atoms with Gasteiger partial charge in [0.25, 0.3) is 0 Å². The Hall–Kier alpha value is -1.79. The molecule has 0 aliphatic rings. The van der Waals surface area contributed by atoms with E-state index in [0.717, 1.165) is 0 Å². The predicted octanol–water partition coefficient (Wildman–Crippen LogP) is 1.74. The van der Waals surface area contributed by atoms with Gasteiger partial charge in [0.05, 0.1) is 25.4 Å². The number of nitrogens with zero attached hydrogens (tertiary/aromatic N) is 1. The molecule has 2 N–H and O–H groups in total. The Labute approximate surface area is 135 Å². The lowest BCUT2D eigenvalue weighted by Crippen LogP contribution is -2.45. The zero-order chi connectivity index (χ0) is 16.7. The number of ether oxygens (including phenoxy) is 1. The van der Waals surface area contributed by atoms with E-state index in [0.29, 0.717) is 23.0 Å². The highest BCUT2D eigenvalue weighted by atomic mass is 35.5. The molecular formula is C15H22ClN3O3. The molecule has 0 aromatic heterocycles. The van der Waals surface area contributed by atoms with Crippen molar-refractivity contribution in [1.82, 2.24) is 10.2 Å². The van der Waals surface area contributed by atoms with E-state index in [9.17, 15) is 9.59 Å². The van der Waals surface area contributed by atoms with Gasteiger partial charge in [0.2, 0.25) is 11.8 Å². The van der Waals surface area contributed by atoms with Gasteiger partial charge in [0, 0.05) is 11.6 Å². The first-order chi connectivity index (χ1) is 10.4. The zero-order valence-corrected chi connectivity index (χ0v) is 14.0. The molecule has 6 nitrogen and oxygen atoms in total. The van der Waals surface area contributed by atoms with Gasteiger partial charge in [-0.15, -0.1) is 0 Å². The number of benzene rings is 1. The molecule has 0 fully saturated rings. The molecule has 1 aromatic carbocycles. The van der Waals surface area contributed by atoms with Crippen molar-refractivity contribution in [3.8, 4) is 5.75 Å². The minimum absolute atomic E-state index is 0.0773. The summed E-state index contributed by atoms with van der Waals surface area (Å²) < 4.78 is 5.17. The molecule has 0 spiro atoms. The van der Waals surface area contributed by atoms with E-state index in [4.69, 9.17) is 16.3 Å². The van der Waals surface area contributed by atoms with Gasteiger partial charge in [-0.1, -0.05) is 11.6 Å². The lowest BCUT2D eigenvalue weighted by molar-refractivity contribution is -0.126. The van der Waals surface area contributed by atoms with Crippen LogP contribution in [0.3, 0.4) is 0 Å². The van der Waals surface area contributed by atoms with E-state index >= 15 is 0 Å². The molecule has 0 saturated carbocycles. The Bertz CT molecular complexity index is 537. The zero-order valence-electron chi connectivity index (χ0n) is 13.3. The number of methoxy groups -OCH3 is 1. The normalized spacial score (nSPS) is 11.9. The summed E-state index contributed by atoms with van der Waals surface area (Å²) in [5, 5.41) is 5.96. The fourth-order valence-electron chi connectivity index (χ4n) is 1.85. The number of likely N-dealkylation sites (N-methyl/N-ethyl adjacent to an activating group) is 2. The van der Waals surface area contributed by atoms with Crippen LogP contribution in [0.5, 0.6) is 5.75 Å². The van der Waals surface area contributed by atoms with Crippen LogP contribution < -0.4 is 15.4 Å². The van der Waals surface area contributed by atoms with Gasteiger partial charge in [-0.05, 0) is 39.1 Å². The minimum Gasteiger partial charge on any atom is -0.495 e. The number of anilines is 1.